The molecule has 0 aromatic carbocycles. The number of rotatable bonds is 1. The Labute approximate surface area is 80.9 Å². The first-order valence-electron chi connectivity index (χ1n) is 3.28. The number of alkyl halides is 1. The van der Waals surface area contributed by atoms with Gasteiger partial charge in [-0.2, -0.15) is 0 Å². The maximum Gasteiger partial charge on any atom is 0.225 e. The molecule has 12 heavy (non-hydrogen) atoms. The van der Waals surface area contributed by atoms with Gasteiger partial charge in [0.2, 0.25) is 5.71 Å². The van der Waals surface area contributed by atoms with Crippen LogP contribution in [0.3, 0.4) is 0 Å². The van der Waals surface area contributed by atoms with Crippen molar-refractivity contribution < 1.29 is 4.42 Å². The minimum absolute atomic E-state index is 0. The lowest BCUT2D eigenvalue weighted by Gasteiger charge is -1.91. The molecule has 2 aromatic rings. The fraction of sp³-hybridized carbons (Fsp3) is 0.125. The van der Waals surface area contributed by atoms with Crippen molar-refractivity contribution in [2.45, 2.75) is 5.88 Å². The van der Waals surface area contributed by atoms with Crippen molar-refractivity contribution in [3.05, 3.63) is 30.2 Å². The summed E-state index contributed by atoms with van der Waals surface area (Å²) in [7, 11) is 0. The third-order valence-corrected chi connectivity index (χ3v) is 1.83. The molecule has 2 heterocycles. The van der Waals surface area contributed by atoms with E-state index in [9.17, 15) is 0 Å². The van der Waals surface area contributed by atoms with Gasteiger partial charge in [-0.3, -0.25) is 0 Å². The summed E-state index contributed by atoms with van der Waals surface area (Å²) in [5.74, 6) is 0.494. The molecule has 0 aliphatic heterocycles. The number of furan rings is 1. The first-order valence-corrected chi connectivity index (χ1v) is 3.82. The highest BCUT2D eigenvalue weighted by Crippen LogP contribution is 2.14. The highest BCUT2D eigenvalue weighted by molar-refractivity contribution is 6.17. The van der Waals surface area contributed by atoms with E-state index in [0.717, 1.165) is 10.9 Å². The van der Waals surface area contributed by atoms with E-state index in [2.05, 4.69) is 4.98 Å². The Morgan fingerprint density at radius 1 is 1.50 bits per heavy atom. The number of pyridine rings is 1. The molecule has 0 bridgehead atoms. The summed E-state index contributed by atoms with van der Waals surface area (Å²) in [4.78, 5) is 4.06. The second-order valence-electron chi connectivity index (χ2n) is 2.29. The minimum atomic E-state index is 0. The van der Waals surface area contributed by atoms with Crippen LogP contribution in [0.5, 0.6) is 0 Å². The SMILES string of the molecule is Cl.ClCc1cnc2occc2c1. The molecule has 0 N–H and O–H groups in total. The summed E-state index contributed by atoms with van der Waals surface area (Å²) < 4.78 is 5.06. The second kappa shape index (κ2) is 3.78. The number of fused-ring (bicyclic) bond motifs is 1. The van der Waals surface area contributed by atoms with Gasteiger partial charge in [-0.05, 0) is 17.7 Å². The van der Waals surface area contributed by atoms with Crippen molar-refractivity contribution in [2.24, 2.45) is 0 Å². The molecule has 0 saturated carbocycles. The van der Waals surface area contributed by atoms with Gasteiger partial charge in [0.1, 0.15) is 0 Å². The predicted molar refractivity (Wildman–Crippen MR) is 50.8 cm³/mol. The molecule has 0 unspecified atom stereocenters. The molecule has 0 radical (unpaired) electrons. The molecule has 2 rings (SSSR count). The van der Waals surface area contributed by atoms with Gasteiger partial charge in [0.05, 0.1) is 6.26 Å². The van der Waals surface area contributed by atoms with Crippen molar-refractivity contribution in [1.29, 1.82) is 0 Å². The number of hydrogen-bond acceptors (Lipinski definition) is 2. The zero-order valence-electron chi connectivity index (χ0n) is 6.16. The van der Waals surface area contributed by atoms with Gasteiger partial charge in [0.15, 0.2) is 0 Å². The summed E-state index contributed by atoms with van der Waals surface area (Å²) in [5, 5.41) is 1.00. The summed E-state index contributed by atoms with van der Waals surface area (Å²) in [6.45, 7) is 0. The van der Waals surface area contributed by atoms with Crippen LogP contribution >= 0.6 is 24.0 Å². The highest BCUT2D eigenvalue weighted by Gasteiger charge is 1.97. The third-order valence-electron chi connectivity index (χ3n) is 1.52. The van der Waals surface area contributed by atoms with E-state index in [1.807, 2.05) is 12.1 Å². The first-order chi connectivity index (χ1) is 5.40. The van der Waals surface area contributed by atoms with Gasteiger partial charge in [-0.25, -0.2) is 4.98 Å². The van der Waals surface area contributed by atoms with Crippen molar-refractivity contribution in [3.8, 4) is 0 Å². The molecule has 4 heteroatoms. The van der Waals surface area contributed by atoms with Crippen LogP contribution in [-0.4, -0.2) is 4.98 Å². The monoisotopic (exact) mass is 203 g/mol. The molecule has 0 amide bonds. The standard InChI is InChI=1S/C8H6ClNO.ClH/c9-4-6-3-7-1-2-11-8(7)10-5-6;/h1-3,5H,4H2;1H. The molecule has 0 fully saturated rings. The van der Waals surface area contributed by atoms with Crippen LogP contribution in [0.1, 0.15) is 5.56 Å². The Bertz CT molecular complexity index is 372. The molecular formula is C8H7Cl2NO. The molecule has 2 aromatic heterocycles. The molecule has 0 atom stereocenters. The van der Waals surface area contributed by atoms with Crippen LogP contribution in [0, 0.1) is 0 Å². The Morgan fingerprint density at radius 2 is 2.33 bits per heavy atom. The van der Waals surface area contributed by atoms with Crippen LogP contribution in [0.2, 0.25) is 0 Å². The maximum atomic E-state index is 5.62. The average molecular weight is 204 g/mol. The van der Waals surface area contributed by atoms with E-state index in [4.69, 9.17) is 16.0 Å². The van der Waals surface area contributed by atoms with Crippen molar-refractivity contribution in [1.82, 2.24) is 4.98 Å². The Kier molecular flexibility index (Phi) is 2.95. The van der Waals surface area contributed by atoms with E-state index in [-0.39, 0.29) is 12.4 Å². The lowest BCUT2D eigenvalue weighted by molar-refractivity contribution is 0.603. The first kappa shape index (κ1) is 9.36. The normalized spacial score (nSPS) is 9.75. The zero-order valence-corrected chi connectivity index (χ0v) is 7.73. The summed E-state index contributed by atoms with van der Waals surface area (Å²) in [5.41, 5.74) is 1.68. The highest BCUT2D eigenvalue weighted by atomic mass is 35.5. The van der Waals surface area contributed by atoms with E-state index in [1.54, 1.807) is 12.5 Å². The Balaban J connectivity index is 0.000000720. The van der Waals surface area contributed by atoms with Crippen LogP contribution in [-0.2, 0) is 5.88 Å². The lowest BCUT2D eigenvalue weighted by Crippen LogP contribution is -1.79. The van der Waals surface area contributed by atoms with Crippen molar-refractivity contribution >= 4 is 35.1 Å². The molecule has 0 spiro atoms. The molecule has 0 aliphatic carbocycles. The quantitative estimate of drug-likeness (QED) is 0.667. The molecule has 0 aliphatic rings. The summed E-state index contributed by atoms with van der Waals surface area (Å²) in [6, 6.07) is 3.84. The van der Waals surface area contributed by atoms with Crippen LogP contribution in [0.25, 0.3) is 11.1 Å². The molecule has 2 nitrogen and oxygen atoms in total. The summed E-state index contributed by atoms with van der Waals surface area (Å²) >= 11 is 5.62. The minimum Gasteiger partial charge on any atom is -0.446 e. The second-order valence-corrected chi connectivity index (χ2v) is 2.56. The summed E-state index contributed by atoms with van der Waals surface area (Å²) in [6.07, 6.45) is 3.34. The number of halogens is 2. The van der Waals surface area contributed by atoms with Crippen LogP contribution in [0.15, 0.2) is 29.0 Å². The molecule has 0 saturated heterocycles. The van der Waals surface area contributed by atoms with E-state index >= 15 is 0 Å². The van der Waals surface area contributed by atoms with Gasteiger partial charge in [0, 0.05) is 17.5 Å². The number of aromatic nitrogens is 1. The Hall–Kier alpha value is -0.730. The van der Waals surface area contributed by atoms with Crippen LogP contribution in [0.4, 0.5) is 0 Å². The number of nitrogens with zero attached hydrogens (tertiary/aromatic N) is 1. The van der Waals surface area contributed by atoms with E-state index in [1.165, 1.54) is 0 Å². The van der Waals surface area contributed by atoms with Gasteiger partial charge in [-0.15, -0.1) is 24.0 Å². The lowest BCUT2D eigenvalue weighted by atomic mass is 10.2. The Morgan fingerprint density at radius 3 is 3.08 bits per heavy atom. The molecule has 64 valence electrons. The maximum absolute atomic E-state index is 5.62. The van der Waals surface area contributed by atoms with E-state index < -0.39 is 0 Å². The fourth-order valence-corrected chi connectivity index (χ4v) is 1.12. The van der Waals surface area contributed by atoms with Crippen molar-refractivity contribution in [3.63, 3.8) is 0 Å². The smallest absolute Gasteiger partial charge is 0.225 e. The van der Waals surface area contributed by atoms with Gasteiger partial charge in [-0.1, -0.05) is 0 Å². The fourth-order valence-electron chi connectivity index (χ4n) is 0.978. The van der Waals surface area contributed by atoms with E-state index in [0.29, 0.717) is 11.6 Å². The predicted octanol–water partition coefficient (Wildman–Crippen LogP) is 2.99. The zero-order chi connectivity index (χ0) is 7.68. The molecular weight excluding hydrogens is 197 g/mol. The largest absolute Gasteiger partial charge is 0.446 e. The van der Waals surface area contributed by atoms with Crippen molar-refractivity contribution in [2.75, 3.05) is 0 Å². The number of hydrogen-bond donors (Lipinski definition) is 0. The van der Waals surface area contributed by atoms with Gasteiger partial charge in [0.25, 0.3) is 0 Å². The average Bonchev–Trinajstić information content (AvgIpc) is 2.50. The topological polar surface area (TPSA) is 26.0 Å². The van der Waals surface area contributed by atoms with Gasteiger partial charge < -0.3 is 4.42 Å². The third kappa shape index (κ3) is 1.54. The van der Waals surface area contributed by atoms with Crippen LogP contribution < -0.4 is 0 Å². The van der Waals surface area contributed by atoms with Gasteiger partial charge >= 0.3 is 0 Å².